The molecule has 1 heterocycles. The van der Waals surface area contributed by atoms with Crippen LogP contribution in [0.25, 0.3) is 11.3 Å². The molecular weight excluding hydrogens is 402 g/mol. The minimum absolute atomic E-state index is 0.187. The second-order valence-corrected chi connectivity index (χ2v) is 7.88. The van der Waals surface area contributed by atoms with Crippen molar-refractivity contribution < 1.29 is 9.53 Å². The number of rotatable bonds is 7. The van der Waals surface area contributed by atoms with Gasteiger partial charge in [0.2, 0.25) is 0 Å². The molecule has 0 aliphatic rings. The number of nitrogens with one attached hydrogen (secondary N) is 1. The van der Waals surface area contributed by atoms with Crippen molar-refractivity contribution in [3.8, 4) is 17.0 Å². The van der Waals surface area contributed by atoms with Gasteiger partial charge in [-0.2, -0.15) is 5.10 Å². The van der Waals surface area contributed by atoms with E-state index < -0.39 is 0 Å². The summed E-state index contributed by atoms with van der Waals surface area (Å²) in [7, 11) is 1.61. The number of hydrogen-bond acceptors (Lipinski definition) is 6. The number of amides is 1. The second-order valence-electron chi connectivity index (χ2n) is 5.36. The number of thiazole rings is 1. The van der Waals surface area contributed by atoms with Crippen LogP contribution in [0, 0.1) is 0 Å². The molecule has 0 fully saturated rings. The van der Waals surface area contributed by atoms with Gasteiger partial charge in [0.1, 0.15) is 5.75 Å². The molecule has 0 aliphatic carbocycles. The van der Waals surface area contributed by atoms with E-state index in [0.29, 0.717) is 5.02 Å². The van der Waals surface area contributed by atoms with E-state index in [1.807, 2.05) is 53.9 Å². The maximum Gasteiger partial charge on any atom is 0.250 e. The van der Waals surface area contributed by atoms with Crippen molar-refractivity contribution in [3.05, 3.63) is 64.5 Å². The smallest absolute Gasteiger partial charge is 0.250 e. The molecule has 8 heteroatoms. The molecule has 0 saturated carbocycles. The summed E-state index contributed by atoms with van der Waals surface area (Å²) in [5, 5.41) is 6.62. The van der Waals surface area contributed by atoms with E-state index in [1.54, 1.807) is 13.3 Å². The first-order chi connectivity index (χ1) is 13.1. The summed E-state index contributed by atoms with van der Waals surface area (Å²) >= 11 is 8.78. The Morgan fingerprint density at radius 2 is 2.00 bits per heavy atom. The summed E-state index contributed by atoms with van der Waals surface area (Å²) in [6.45, 7) is 0. The standard InChI is InChI=1S/C19H16ClN3O2S2/c1-25-16-8-2-13(3-9-16)10-21-23-18(24)12-27-19-22-17(11-26-19)14-4-6-15(20)7-5-14/h2-11H,12H2,1H3,(H,23,24)/b21-10-. The Morgan fingerprint density at radius 3 is 2.70 bits per heavy atom. The zero-order chi connectivity index (χ0) is 19.1. The van der Waals surface area contributed by atoms with Gasteiger partial charge >= 0.3 is 0 Å². The van der Waals surface area contributed by atoms with Gasteiger partial charge < -0.3 is 4.74 Å². The molecule has 3 rings (SSSR count). The number of hydrazone groups is 1. The third-order valence-corrected chi connectivity index (χ3v) is 5.74. The quantitative estimate of drug-likeness (QED) is 0.343. The van der Waals surface area contributed by atoms with E-state index in [2.05, 4.69) is 15.5 Å². The Morgan fingerprint density at radius 1 is 1.26 bits per heavy atom. The van der Waals surface area contributed by atoms with Gasteiger partial charge in [-0.25, -0.2) is 10.4 Å². The highest BCUT2D eigenvalue weighted by Crippen LogP contribution is 2.28. The third kappa shape index (κ3) is 5.82. The van der Waals surface area contributed by atoms with Gasteiger partial charge in [0.25, 0.3) is 5.91 Å². The van der Waals surface area contributed by atoms with Crippen LogP contribution < -0.4 is 10.2 Å². The molecule has 0 aliphatic heterocycles. The van der Waals surface area contributed by atoms with Crippen molar-refractivity contribution in [1.29, 1.82) is 0 Å². The van der Waals surface area contributed by atoms with Crippen molar-refractivity contribution in [2.45, 2.75) is 4.34 Å². The van der Waals surface area contributed by atoms with Crippen LogP contribution in [-0.4, -0.2) is 30.0 Å². The number of carbonyl (C=O) groups excluding carboxylic acids is 1. The molecule has 0 saturated heterocycles. The molecule has 0 atom stereocenters. The van der Waals surface area contributed by atoms with Crippen LogP contribution >= 0.6 is 34.7 Å². The van der Waals surface area contributed by atoms with E-state index in [1.165, 1.54) is 23.1 Å². The molecule has 1 aromatic heterocycles. The second kappa shape index (κ2) is 9.55. The zero-order valence-electron chi connectivity index (χ0n) is 14.4. The van der Waals surface area contributed by atoms with Crippen molar-refractivity contribution in [2.24, 2.45) is 5.10 Å². The van der Waals surface area contributed by atoms with E-state index >= 15 is 0 Å². The number of aromatic nitrogens is 1. The van der Waals surface area contributed by atoms with Crippen LogP contribution in [0.15, 0.2) is 63.4 Å². The Hall–Kier alpha value is -2.35. The molecule has 0 bridgehead atoms. The normalized spacial score (nSPS) is 10.9. The number of benzene rings is 2. The number of carbonyl (C=O) groups is 1. The fraction of sp³-hybridized carbons (Fsp3) is 0.105. The molecule has 3 aromatic rings. The molecule has 1 N–H and O–H groups in total. The molecule has 0 radical (unpaired) electrons. The lowest BCUT2D eigenvalue weighted by Gasteiger charge is -2.00. The number of thioether (sulfide) groups is 1. The number of nitrogens with zero attached hydrogens (tertiary/aromatic N) is 2. The van der Waals surface area contributed by atoms with E-state index in [4.69, 9.17) is 16.3 Å². The average molecular weight is 418 g/mol. The third-order valence-electron chi connectivity index (χ3n) is 3.47. The van der Waals surface area contributed by atoms with Crippen LogP contribution in [0.3, 0.4) is 0 Å². The van der Waals surface area contributed by atoms with Crippen molar-refractivity contribution in [1.82, 2.24) is 10.4 Å². The fourth-order valence-corrected chi connectivity index (χ4v) is 3.86. The predicted molar refractivity (Wildman–Crippen MR) is 112 cm³/mol. The fourth-order valence-electron chi connectivity index (χ4n) is 2.11. The molecule has 27 heavy (non-hydrogen) atoms. The van der Waals surface area contributed by atoms with Crippen LogP contribution in [0.4, 0.5) is 0 Å². The summed E-state index contributed by atoms with van der Waals surface area (Å²) in [5.74, 6) is 0.829. The van der Waals surface area contributed by atoms with Gasteiger partial charge in [0.05, 0.1) is 24.8 Å². The van der Waals surface area contributed by atoms with E-state index in [9.17, 15) is 4.79 Å². The molecular formula is C19H16ClN3O2S2. The summed E-state index contributed by atoms with van der Waals surface area (Å²) in [4.78, 5) is 16.5. The largest absolute Gasteiger partial charge is 0.497 e. The number of ether oxygens (including phenoxy) is 1. The first kappa shape index (κ1) is 19.4. The summed E-state index contributed by atoms with van der Waals surface area (Å²) in [6, 6.07) is 14.9. The highest BCUT2D eigenvalue weighted by Gasteiger charge is 2.07. The first-order valence-electron chi connectivity index (χ1n) is 7.94. The van der Waals surface area contributed by atoms with Crippen molar-refractivity contribution >= 4 is 46.8 Å². The Balaban J connectivity index is 1.47. The number of methoxy groups -OCH3 is 1. The van der Waals surface area contributed by atoms with Crippen LogP contribution in [0.2, 0.25) is 5.02 Å². The van der Waals surface area contributed by atoms with Crippen LogP contribution in [0.5, 0.6) is 5.75 Å². The van der Waals surface area contributed by atoms with E-state index in [-0.39, 0.29) is 11.7 Å². The molecule has 5 nitrogen and oxygen atoms in total. The molecule has 2 aromatic carbocycles. The van der Waals surface area contributed by atoms with Crippen molar-refractivity contribution in [3.63, 3.8) is 0 Å². The molecule has 0 unspecified atom stereocenters. The maximum absolute atomic E-state index is 11.9. The van der Waals surface area contributed by atoms with Crippen LogP contribution in [0.1, 0.15) is 5.56 Å². The minimum atomic E-state index is -0.187. The summed E-state index contributed by atoms with van der Waals surface area (Å²) < 4.78 is 5.92. The minimum Gasteiger partial charge on any atom is -0.497 e. The Kier molecular flexibility index (Phi) is 6.86. The predicted octanol–water partition coefficient (Wildman–Crippen LogP) is 4.71. The lowest BCUT2D eigenvalue weighted by Crippen LogP contribution is -2.19. The van der Waals surface area contributed by atoms with E-state index in [0.717, 1.165) is 26.9 Å². The maximum atomic E-state index is 11.9. The van der Waals surface area contributed by atoms with Gasteiger partial charge in [0, 0.05) is 16.0 Å². The molecule has 138 valence electrons. The highest BCUT2D eigenvalue weighted by atomic mass is 35.5. The lowest BCUT2D eigenvalue weighted by atomic mass is 10.2. The zero-order valence-corrected chi connectivity index (χ0v) is 16.8. The number of hydrogen-bond donors (Lipinski definition) is 1. The lowest BCUT2D eigenvalue weighted by molar-refractivity contribution is -0.118. The highest BCUT2D eigenvalue weighted by molar-refractivity contribution is 8.01. The summed E-state index contributed by atoms with van der Waals surface area (Å²) in [5.41, 5.74) is 5.26. The van der Waals surface area contributed by atoms with Gasteiger partial charge in [-0.05, 0) is 42.0 Å². The topological polar surface area (TPSA) is 63.6 Å². The van der Waals surface area contributed by atoms with Gasteiger partial charge in [-0.1, -0.05) is 35.5 Å². The molecule has 1 amide bonds. The average Bonchev–Trinajstić information content (AvgIpc) is 3.16. The van der Waals surface area contributed by atoms with Gasteiger partial charge in [0.15, 0.2) is 4.34 Å². The van der Waals surface area contributed by atoms with Crippen LogP contribution in [-0.2, 0) is 4.79 Å². The van der Waals surface area contributed by atoms with Gasteiger partial charge in [-0.3, -0.25) is 4.79 Å². The molecule has 0 spiro atoms. The monoisotopic (exact) mass is 417 g/mol. The summed E-state index contributed by atoms with van der Waals surface area (Å²) in [6.07, 6.45) is 1.59. The number of halogens is 1. The Labute approximate surface area is 170 Å². The van der Waals surface area contributed by atoms with Gasteiger partial charge in [-0.15, -0.1) is 11.3 Å². The van der Waals surface area contributed by atoms with Crippen molar-refractivity contribution in [2.75, 3.05) is 12.9 Å². The SMILES string of the molecule is COc1ccc(/C=N\NC(=O)CSc2nc(-c3ccc(Cl)cc3)cs2)cc1. The Bertz CT molecular complexity index is 925. The first-order valence-corrected chi connectivity index (χ1v) is 10.2.